The highest BCUT2D eigenvalue weighted by Gasteiger charge is 2.20. The van der Waals surface area contributed by atoms with E-state index in [-0.39, 0.29) is 33.9 Å². The summed E-state index contributed by atoms with van der Waals surface area (Å²) in [4.78, 5) is 12.7. The number of hydrogen-bond acceptors (Lipinski definition) is 5. The lowest BCUT2D eigenvalue weighted by molar-refractivity contribution is 0.0940. The topological polar surface area (TPSA) is 93.7 Å². The quantitative estimate of drug-likeness (QED) is 0.587. The van der Waals surface area contributed by atoms with Crippen molar-refractivity contribution in [1.82, 2.24) is 5.32 Å². The molecule has 166 valence electrons. The van der Waals surface area contributed by atoms with E-state index < -0.39 is 10.0 Å². The molecule has 32 heavy (non-hydrogen) atoms. The first kappa shape index (κ1) is 21.6. The van der Waals surface area contributed by atoms with Gasteiger partial charge in [-0.05, 0) is 55.0 Å². The maximum absolute atomic E-state index is 13.1. The first-order valence-corrected chi connectivity index (χ1v) is 11.4. The van der Waals surface area contributed by atoms with Crippen LogP contribution in [-0.2, 0) is 10.0 Å². The van der Waals surface area contributed by atoms with Crippen molar-refractivity contribution in [1.29, 1.82) is 0 Å². The van der Waals surface area contributed by atoms with E-state index in [0.29, 0.717) is 24.7 Å². The SMILES string of the molecule is C[C@@H](NC(=O)c1cccc(NS(=O)(=O)c2ccc3c(c2)OCCO3)c1)c1ccc(F)cc1. The summed E-state index contributed by atoms with van der Waals surface area (Å²) < 4.78 is 52.1. The number of nitrogens with one attached hydrogen (secondary N) is 2. The smallest absolute Gasteiger partial charge is 0.262 e. The van der Waals surface area contributed by atoms with E-state index >= 15 is 0 Å². The molecule has 0 aliphatic carbocycles. The monoisotopic (exact) mass is 456 g/mol. The largest absolute Gasteiger partial charge is 0.486 e. The van der Waals surface area contributed by atoms with E-state index in [1.54, 1.807) is 43.3 Å². The first-order chi connectivity index (χ1) is 15.3. The summed E-state index contributed by atoms with van der Waals surface area (Å²) in [6.07, 6.45) is 0. The Hall–Kier alpha value is -3.59. The van der Waals surface area contributed by atoms with Gasteiger partial charge in [0, 0.05) is 17.3 Å². The van der Waals surface area contributed by atoms with Crippen molar-refractivity contribution in [2.45, 2.75) is 17.9 Å². The molecule has 4 rings (SSSR count). The van der Waals surface area contributed by atoms with Crippen LogP contribution in [0.3, 0.4) is 0 Å². The van der Waals surface area contributed by atoms with Crippen LogP contribution in [0.4, 0.5) is 10.1 Å². The molecule has 9 heteroatoms. The van der Waals surface area contributed by atoms with Gasteiger partial charge in [0.1, 0.15) is 19.0 Å². The van der Waals surface area contributed by atoms with Crippen LogP contribution < -0.4 is 19.5 Å². The zero-order valence-electron chi connectivity index (χ0n) is 17.2. The summed E-state index contributed by atoms with van der Waals surface area (Å²) in [6, 6.07) is 16.0. The molecule has 1 aliphatic rings. The van der Waals surface area contributed by atoms with Crippen LogP contribution in [0.15, 0.2) is 71.6 Å². The van der Waals surface area contributed by atoms with Gasteiger partial charge in [0.15, 0.2) is 11.5 Å². The minimum Gasteiger partial charge on any atom is -0.486 e. The number of carbonyl (C=O) groups is 1. The molecule has 0 radical (unpaired) electrons. The predicted molar refractivity (Wildman–Crippen MR) is 117 cm³/mol. The first-order valence-electron chi connectivity index (χ1n) is 9.91. The Balaban J connectivity index is 1.48. The van der Waals surface area contributed by atoms with Crippen molar-refractivity contribution in [2.24, 2.45) is 0 Å². The minimum absolute atomic E-state index is 0.0153. The predicted octanol–water partition coefficient (Wildman–Crippen LogP) is 3.89. The van der Waals surface area contributed by atoms with Gasteiger partial charge in [-0.25, -0.2) is 12.8 Å². The maximum atomic E-state index is 13.1. The van der Waals surface area contributed by atoms with Crippen molar-refractivity contribution >= 4 is 21.6 Å². The van der Waals surface area contributed by atoms with Crippen molar-refractivity contribution in [3.05, 3.63) is 83.7 Å². The number of anilines is 1. The molecule has 3 aromatic rings. The van der Waals surface area contributed by atoms with E-state index in [0.717, 1.165) is 5.56 Å². The van der Waals surface area contributed by atoms with Gasteiger partial charge in [0.2, 0.25) is 0 Å². The number of carbonyl (C=O) groups excluding carboxylic acids is 1. The third-order valence-corrected chi connectivity index (χ3v) is 6.30. The van der Waals surface area contributed by atoms with E-state index in [1.165, 1.54) is 30.3 Å². The van der Waals surface area contributed by atoms with Gasteiger partial charge in [-0.3, -0.25) is 9.52 Å². The van der Waals surface area contributed by atoms with Crippen molar-refractivity contribution < 1.29 is 27.1 Å². The molecule has 3 aromatic carbocycles. The Morgan fingerprint density at radius 3 is 2.44 bits per heavy atom. The molecule has 1 atom stereocenters. The van der Waals surface area contributed by atoms with E-state index in [1.807, 2.05) is 0 Å². The molecule has 1 heterocycles. The highest BCUT2D eigenvalue weighted by molar-refractivity contribution is 7.92. The minimum atomic E-state index is -3.91. The summed E-state index contributed by atoms with van der Waals surface area (Å²) in [5.41, 5.74) is 1.26. The molecular formula is C23H21FN2O5S. The standard InChI is InChI=1S/C23H21FN2O5S/c1-15(16-5-7-18(24)8-6-16)25-23(27)17-3-2-4-19(13-17)26-32(28,29)20-9-10-21-22(14-20)31-12-11-30-21/h2-10,13-15,26H,11-12H2,1H3,(H,25,27)/t15-/m1/s1. The van der Waals surface area contributed by atoms with Crippen molar-refractivity contribution in [3.8, 4) is 11.5 Å². The van der Waals surface area contributed by atoms with Crippen LogP contribution in [0, 0.1) is 5.82 Å². The third-order valence-electron chi connectivity index (χ3n) is 4.92. The lowest BCUT2D eigenvalue weighted by atomic mass is 10.1. The van der Waals surface area contributed by atoms with Gasteiger partial charge in [-0.1, -0.05) is 18.2 Å². The Bertz CT molecular complexity index is 1250. The number of ether oxygens (including phenoxy) is 2. The van der Waals surface area contributed by atoms with Crippen LogP contribution in [0.25, 0.3) is 0 Å². The van der Waals surface area contributed by atoms with Gasteiger partial charge >= 0.3 is 0 Å². The molecule has 0 saturated heterocycles. The molecule has 0 saturated carbocycles. The van der Waals surface area contributed by atoms with Crippen LogP contribution in [0.1, 0.15) is 28.9 Å². The molecule has 0 spiro atoms. The molecule has 0 unspecified atom stereocenters. The fraction of sp³-hybridized carbons (Fsp3) is 0.174. The molecule has 1 aliphatic heterocycles. The zero-order valence-corrected chi connectivity index (χ0v) is 18.0. The summed E-state index contributed by atoms with van der Waals surface area (Å²) in [6.45, 7) is 2.53. The number of halogens is 1. The lowest BCUT2D eigenvalue weighted by Gasteiger charge is -2.19. The maximum Gasteiger partial charge on any atom is 0.262 e. The average molecular weight is 456 g/mol. The fourth-order valence-corrected chi connectivity index (χ4v) is 4.31. The average Bonchev–Trinajstić information content (AvgIpc) is 2.79. The summed E-state index contributed by atoms with van der Waals surface area (Å²) >= 11 is 0. The number of amides is 1. The fourth-order valence-electron chi connectivity index (χ4n) is 3.24. The molecule has 2 N–H and O–H groups in total. The van der Waals surface area contributed by atoms with Crippen molar-refractivity contribution in [3.63, 3.8) is 0 Å². The van der Waals surface area contributed by atoms with Gasteiger partial charge in [0.05, 0.1) is 10.9 Å². The summed E-state index contributed by atoms with van der Waals surface area (Å²) in [5, 5.41) is 2.82. The second-order valence-corrected chi connectivity index (χ2v) is 8.92. The van der Waals surface area contributed by atoms with E-state index in [4.69, 9.17) is 9.47 Å². The Labute approximate surface area is 185 Å². The van der Waals surface area contributed by atoms with Crippen LogP contribution >= 0.6 is 0 Å². The van der Waals surface area contributed by atoms with Crippen LogP contribution in [0.5, 0.6) is 11.5 Å². The zero-order chi connectivity index (χ0) is 22.7. The Morgan fingerprint density at radius 2 is 1.69 bits per heavy atom. The van der Waals surface area contributed by atoms with Crippen molar-refractivity contribution in [2.75, 3.05) is 17.9 Å². The number of hydrogen-bond donors (Lipinski definition) is 2. The van der Waals surface area contributed by atoms with Gasteiger partial charge in [-0.2, -0.15) is 0 Å². The summed E-state index contributed by atoms with van der Waals surface area (Å²) in [7, 11) is -3.91. The molecule has 0 fully saturated rings. The normalized spacial score (nSPS) is 13.8. The van der Waals surface area contributed by atoms with E-state index in [9.17, 15) is 17.6 Å². The number of rotatable bonds is 6. The molecule has 1 amide bonds. The molecular weight excluding hydrogens is 435 g/mol. The highest BCUT2D eigenvalue weighted by atomic mass is 32.2. The lowest BCUT2D eigenvalue weighted by Crippen LogP contribution is -2.26. The van der Waals surface area contributed by atoms with E-state index in [2.05, 4.69) is 10.0 Å². The molecule has 0 bridgehead atoms. The molecule has 7 nitrogen and oxygen atoms in total. The number of benzene rings is 3. The van der Waals surface area contributed by atoms with Gasteiger partial charge in [0.25, 0.3) is 15.9 Å². The molecule has 0 aromatic heterocycles. The third kappa shape index (κ3) is 4.83. The summed E-state index contributed by atoms with van der Waals surface area (Å²) in [5.74, 6) is 0.110. The number of sulfonamides is 1. The van der Waals surface area contributed by atoms with Crippen LogP contribution in [0.2, 0.25) is 0 Å². The van der Waals surface area contributed by atoms with Gasteiger partial charge < -0.3 is 14.8 Å². The van der Waals surface area contributed by atoms with Gasteiger partial charge in [-0.15, -0.1) is 0 Å². The highest BCUT2D eigenvalue weighted by Crippen LogP contribution is 2.32. The number of fused-ring (bicyclic) bond motifs is 1. The Kier molecular flexibility index (Phi) is 6.00. The van der Waals surface area contributed by atoms with Crippen LogP contribution in [-0.4, -0.2) is 27.5 Å². The Morgan fingerprint density at radius 1 is 0.969 bits per heavy atom. The second-order valence-electron chi connectivity index (χ2n) is 7.24. The second kappa shape index (κ2) is 8.88.